The predicted octanol–water partition coefficient (Wildman–Crippen LogP) is 2.03. The second-order valence-corrected chi connectivity index (χ2v) is 5.93. The molecule has 0 spiro atoms. The molecule has 0 radical (unpaired) electrons. The van der Waals surface area contributed by atoms with Crippen LogP contribution in [0.1, 0.15) is 22.4 Å². The number of non-ortho nitro benzene ring substituents is 1. The third-order valence-corrected chi connectivity index (χ3v) is 4.00. The number of nitrogens with zero attached hydrogens (tertiary/aromatic N) is 3. The van der Waals surface area contributed by atoms with Crippen LogP contribution in [0.3, 0.4) is 0 Å². The average Bonchev–Trinajstić information content (AvgIpc) is 2.60. The maximum absolute atomic E-state index is 12.5. The summed E-state index contributed by atoms with van der Waals surface area (Å²) in [6.07, 6.45) is 0. The van der Waals surface area contributed by atoms with Gasteiger partial charge in [0.2, 0.25) is 5.91 Å². The molecule has 1 aromatic heterocycles. The van der Waals surface area contributed by atoms with Gasteiger partial charge in [-0.05, 0) is 31.5 Å². The summed E-state index contributed by atoms with van der Waals surface area (Å²) in [5.41, 5.74) is 1.20. The lowest BCUT2D eigenvalue weighted by molar-refractivity contribution is -0.384. The van der Waals surface area contributed by atoms with Gasteiger partial charge in [-0.15, -0.1) is 0 Å². The Balaban J connectivity index is 2.27. The first kappa shape index (κ1) is 19.8. The highest BCUT2D eigenvalue weighted by Gasteiger charge is 2.16. The molecule has 9 nitrogen and oxygen atoms in total. The number of carbonyl (C=O) groups excluding carboxylic acids is 1. The van der Waals surface area contributed by atoms with E-state index in [2.05, 4.69) is 5.32 Å². The molecule has 2 rings (SSSR count). The van der Waals surface area contributed by atoms with Crippen LogP contribution in [-0.2, 0) is 22.7 Å². The maximum Gasteiger partial charge on any atom is 0.269 e. The van der Waals surface area contributed by atoms with Crippen LogP contribution in [0.25, 0.3) is 0 Å². The fourth-order valence-corrected chi connectivity index (χ4v) is 2.66. The van der Waals surface area contributed by atoms with Gasteiger partial charge in [0.1, 0.15) is 18.2 Å². The van der Waals surface area contributed by atoms with E-state index in [9.17, 15) is 25.0 Å². The van der Waals surface area contributed by atoms with Crippen LogP contribution >= 0.6 is 0 Å². The molecular formula is C18H18N4O5. The Kier molecular flexibility index (Phi) is 6.05. The molecule has 27 heavy (non-hydrogen) atoms. The lowest BCUT2D eigenvalue weighted by Gasteiger charge is -2.14. The van der Waals surface area contributed by atoms with Crippen molar-refractivity contribution in [3.05, 3.63) is 67.1 Å². The molecule has 0 aliphatic rings. The largest absolute Gasteiger partial charge is 0.380 e. The normalized spacial score (nSPS) is 10.3. The van der Waals surface area contributed by atoms with Gasteiger partial charge in [-0.1, -0.05) is 0 Å². The minimum atomic E-state index is -0.569. The van der Waals surface area contributed by atoms with Crippen LogP contribution in [-0.4, -0.2) is 22.5 Å². The van der Waals surface area contributed by atoms with Crippen molar-refractivity contribution in [3.63, 3.8) is 0 Å². The summed E-state index contributed by atoms with van der Waals surface area (Å²) in [5.74, 6) is -0.486. The Morgan fingerprint density at radius 3 is 2.63 bits per heavy atom. The van der Waals surface area contributed by atoms with Crippen LogP contribution in [0.5, 0.6) is 0 Å². The Morgan fingerprint density at radius 1 is 1.37 bits per heavy atom. The van der Waals surface area contributed by atoms with Gasteiger partial charge in [0, 0.05) is 36.2 Å². The number of aryl methyl sites for hydroxylation is 2. The molecule has 9 heteroatoms. The number of nitrogens with one attached hydrogen (secondary N) is 1. The first-order valence-electron chi connectivity index (χ1n) is 7.95. The van der Waals surface area contributed by atoms with Crippen molar-refractivity contribution >= 4 is 17.3 Å². The molecule has 1 amide bonds. The molecule has 0 fully saturated rings. The van der Waals surface area contributed by atoms with E-state index >= 15 is 0 Å². The smallest absolute Gasteiger partial charge is 0.269 e. The topological polar surface area (TPSA) is 127 Å². The molecule has 0 aliphatic heterocycles. The number of rotatable bonds is 6. The first-order chi connectivity index (χ1) is 12.8. The number of nitro benzene ring substituents is 1. The van der Waals surface area contributed by atoms with Crippen molar-refractivity contribution in [2.75, 3.05) is 12.4 Å². The zero-order valence-electron chi connectivity index (χ0n) is 15.1. The van der Waals surface area contributed by atoms with E-state index in [4.69, 9.17) is 4.74 Å². The lowest BCUT2D eigenvalue weighted by Crippen LogP contribution is -2.31. The van der Waals surface area contributed by atoms with E-state index in [-0.39, 0.29) is 24.4 Å². The third-order valence-electron chi connectivity index (χ3n) is 4.00. The van der Waals surface area contributed by atoms with E-state index in [1.54, 1.807) is 19.9 Å². The number of hydrogen-bond donors (Lipinski definition) is 1. The fourth-order valence-electron chi connectivity index (χ4n) is 2.66. The molecule has 0 bridgehead atoms. The molecule has 1 aromatic carbocycles. The number of hydrogen-bond acceptors (Lipinski definition) is 6. The number of amides is 1. The number of carbonyl (C=O) groups is 1. The number of anilines is 1. The van der Waals surface area contributed by atoms with Crippen LogP contribution in [0, 0.1) is 35.3 Å². The van der Waals surface area contributed by atoms with E-state index in [1.807, 2.05) is 6.07 Å². The van der Waals surface area contributed by atoms with Gasteiger partial charge in [-0.2, -0.15) is 5.26 Å². The summed E-state index contributed by atoms with van der Waals surface area (Å²) in [6, 6.07) is 7.56. The summed E-state index contributed by atoms with van der Waals surface area (Å²) in [6.45, 7) is 3.12. The standard InChI is InChI=1S/C18H18N4O5/c1-11-6-14(22(25)26)4-5-16(11)20-17(23)9-21-12(2)7-13(10-27-3)15(8-19)18(21)24/h4-7H,9-10H2,1-3H3,(H,20,23). The molecule has 140 valence electrons. The Bertz CT molecular complexity index is 1000. The van der Waals surface area contributed by atoms with Crippen molar-refractivity contribution in [2.45, 2.75) is 27.0 Å². The number of pyridine rings is 1. The second-order valence-electron chi connectivity index (χ2n) is 5.93. The second kappa shape index (κ2) is 8.25. The highest BCUT2D eigenvalue weighted by Crippen LogP contribution is 2.21. The summed E-state index contributed by atoms with van der Waals surface area (Å²) in [7, 11) is 1.46. The molecule has 1 N–H and O–H groups in total. The van der Waals surface area contributed by atoms with Crippen LogP contribution < -0.4 is 10.9 Å². The molecule has 1 heterocycles. The van der Waals surface area contributed by atoms with Gasteiger partial charge in [-0.3, -0.25) is 19.7 Å². The summed E-state index contributed by atoms with van der Waals surface area (Å²) in [4.78, 5) is 35.1. The van der Waals surface area contributed by atoms with Gasteiger partial charge in [0.15, 0.2) is 0 Å². The van der Waals surface area contributed by atoms with Gasteiger partial charge < -0.3 is 14.6 Å². The van der Waals surface area contributed by atoms with Crippen LogP contribution in [0.4, 0.5) is 11.4 Å². The van der Waals surface area contributed by atoms with Gasteiger partial charge in [-0.25, -0.2) is 0 Å². The Hall–Kier alpha value is -3.51. The number of methoxy groups -OCH3 is 1. The van der Waals surface area contributed by atoms with Crippen molar-refractivity contribution in [1.29, 1.82) is 5.26 Å². The summed E-state index contributed by atoms with van der Waals surface area (Å²) < 4.78 is 6.20. The fraction of sp³-hybridized carbons (Fsp3) is 0.278. The van der Waals surface area contributed by atoms with Crippen molar-refractivity contribution < 1.29 is 14.5 Å². The zero-order valence-corrected chi connectivity index (χ0v) is 15.1. The Morgan fingerprint density at radius 2 is 2.07 bits per heavy atom. The number of nitro groups is 1. The van der Waals surface area contributed by atoms with Crippen LogP contribution in [0.2, 0.25) is 0 Å². The molecule has 2 aromatic rings. The monoisotopic (exact) mass is 370 g/mol. The SMILES string of the molecule is COCc1cc(C)n(CC(=O)Nc2ccc([N+](=O)[O-])cc2C)c(=O)c1C#N. The van der Waals surface area contributed by atoms with E-state index < -0.39 is 16.4 Å². The first-order valence-corrected chi connectivity index (χ1v) is 7.95. The minimum Gasteiger partial charge on any atom is -0.380 e. The van der Waals surface area contributed by atoms with Crippen molar-refractivity contribution in [2.24, 2.45) is 0 Å². The Labute approximate surface area is 155 Å². The number of nitriles is 1. The molecule has 0 saturated heterocycles. The van der Waals surface area contributed by atoms with E-state index in [0.29, 0.717) is 22.5 Å². The van der Waals surface area contributed by atoms with Crippen molar-refractivity contribution in [1.82, 2.24) is 4.57 Å². The highest BCUT2D eigenvalue weighted by atomic mass is 16.6. The molecule has 0 aliphatic carbocycles. The average molecular weight is 370 g/mol. The van der Waals surface area contributed by atoms with E-state index in [0.717, 1.165) is 0 Å². The van der Waals surface area contributed by atoms with Gasteiger partial charge in [0.25, 0.3) is 11.2 Å². The van der Waals surface area contributed by atoms with E-state index in [1.165, 1.54) is 29.9 Å². The van der Waals surface area contributed by atoms with Gasteiger partial charge >= 0.3 is 0 Å². The van der Waals surface area contributed by atoms with Crippen LogP contribution in [0.15, 0.2) is 29.1 Å². The lowest BCUT2D eigenvalue weighted by atomic mass is 10.1. The quantitative estimate of drug-likeness (QED) is 0.612. The maximum atomic E-state index is 12.5. The molecular weight excluding hydrogens is 352 g/mol. The minimum absolute atomic E-state index is 0.0678. The summed E-state index contributed by atoms with van der Waals surface area (Å²) in [5, 5.41) is 22.7. The summed E-state index contributed by atoms with van der Waals surface area (Å²) >= 11 is 0. The molecule has 0 atom stereocenters. The molecule has 0 saturated carbocycles. The molecule has 0 unspecified atom stereocenters. The third kappa shape index (κ3) is 4.37. The number of ether oxygens (including phenoxy) is 1. The van der Waals surface area contributed by atoms with Gasteiger partial charge in [0.05, 0.1) is 11.5 Å². The van der Waals surface area contributed by atoms with Crippen molar-refractivity contribution in [3.8, 4) is 6.07 Å². The number of aromatic nitrogens is 1. The predicted molar refractivity (Wildman–Crippen MR) is 97.3 cm³/mol. The zero-order chi connectivity index (χ0) is 20.1. The number of benzene rings is 1. The highest BCUT2D eigenvalue weighted by molar-refractivity contribution is 5.91.